The zero-order chi connectivity index (χ0) is 14.5. The van der Waals surface area contributed by atoms with Crippen molar-refractivity contribution in [2.75, 3.05) is 0 Å². The van der Waals surface area contributed by atoms with E-state index in [-0.39, 0.29) is 0 Å². The lowest BCUT2D eigenvalue weighted by atomic mass is 10.0. The standard InChI is InChI=1S/C16H21N3O/c1-4-13-14(10-17)16(19-18-15(13)5-2)20-12-8-6-7-11(3)9-12/h6-9H,4-5,10,17H2,1-3H3. The van der Waals surface area contributed by atoms with Crippen LogP contribution in [0.25, 0.3) is 0 Å². The van der Waals surface area contributed by atoms with E-state index in [2.05, 4.69) is 24.0 Å². The molecule has 2 aromatic rings. The van der Waals surface area contributed by atoms with Gasteiger partial charge in [0.05, 0.1) is 5.69 Å². The largest absolute Gasteiger partial charge is 0.437 e. The Labute approximate surface area is 120 Å². The predicted octanol–water partition coefficient (Wildman–Crippen LogP) is 3.16. The van der Waals surface area contributed by atoms with Gasteiger partial charge in [-0.05, 0) is 43.0 Å². The molecule has 0 saturated carbocycles. The normalized spacial score (nSPS) is 10.6. The van der Waals surface area contributed by atoms with Gasteiger partial charge in [0.1, 0.15) is 5.75 Å². The van der Waals surface area contributed by atoms with Gasteiger partial charge in [0.2, 0.25) is 5.88 Å². The molecule has 1 aromatic carbocycles. The fourth-order valence-electron chi connectivity index (χ4n) is 2.31. The molecule has 2 N–H and O–H groups in total. The number of aromatic nitrogens is 2. The van der Waals surface area contributed by atoms with Gasteiger partial charge in [0.25, 0.3) is 0 Å². The quantitative estimate of drug-likeness (QED) is 0.907. The zero-order valence-electron chi connectivity index (χ0n) is 12.3. The Balaban J connectivity index is 2.41. The maximum absolute atomic E-state index is 5.89. The van der Waals surface area contributed by atoms with Gasteiger partial charge in [0, 0.05) is 12.1 Å². The summed E-state index contributed by atoms with van der Waals surface area (Å²) in [5, 5.41) is 8.47. The van der Waals surface area contributed by atoms with Crippen LogP contribution in [0, 0.1) is 6.92 Å². The monoisotopic (exact) mass is 271 g/mol. The van der Waals surface area contributed by atoms with E-state index < -0.39 is 0 Å². The van der Waals surface area contributed by atoms with Crippen molar-refractivity contribution in [3.05, 3.63) is 46.6 Å². The number of aryl methyl sites for hydroxylation is 2. The number of benzene rings is 1. The third-order valence-corrected chi connectivity index (χ3v) is 3.33. The summed E-state index contributed by atoms with van der Waals surface area (Å²) >= 11 is 0. The molecular formula is C16H21N3O. The first-order valence-electron chi connectivity index (χ1n) is 7.01. The Morgan fingerprint density at radius 2 is 1.90 bits per heavy atom. The van der Waals surface area contributed by atoms with Crippen molar-refractivity contribution in [2.24, 2.45) is 5.73 Å². The molecule has 2 rings (SSSR count). The number of nitrogens with two attached hydrogens (primary N) is 1. The van der Waals surface area contributed by atoms with Crippen molar-refractivity contribution in [3.63, 3.8) is 0 Å². The molecule has 0 aliphatic heterocycles. The average molecular weight is 271 g/mol. The van der Waals surface area contributed by atoms with Crippen LogP contribution in [0.15, 0.2) is 24.3 Å². The molecule has 0 aliphatic carbocycles. The summed E-state index contributed by atoms with van der Waals surface area (Å²) in [6, 6.07) is 7.87. The lowest BCUT2D eigenvalue weighted by Crippen LogP contribution is -2.10. The lowest BCUT2D eigenvalue weighted by Gasteiger charge is -2.14. The molecule has 1 heterocycles. The number of nitrogens with zero attached hydrogens (tertiary/aromatic N) is 2. The van der Waals surface area contributed by atoms with E-state index in [1.54, 1.807) is 0 Å². The highest BCUT2D eigenvalue weighted by Gasteiger charge is 2.14. The third kappa shape index (κ3) is 2.96. The van der Waals surface area contributed by atoms with Gasteiger partial charge in [0.15, 0.2) is 0 Å². The Kier molecular flexibility index (Phi) is 4.69. The van der Waals surface area contributed by atoms with Crippen LogP contribution in [-0.2, 0) is 19.4 Å². The summed E-state index contributed by atoms with van der Waals surface area (Å²) in [4.78, 5) is 0. The predicted molar refractivity (Wildman–Crippen MR) is 79.9 cm³/mol. The molecule has 0 bridgehead atoms. The molecule has 0 unspecified atom stereocenters. The minimum atomic E-state index is 0.410. The van der Waals surface area contributed by atoms with Crippen molar-refractivity contribution >= 4 is 0 Å². The molecule has 1 aromatic heterocycles. The molecule has 0 saturated heterocycles. The summed E-state index contributed by atoms with van der Waals surface area (Å²) < 4.78 is 5.87. The molecular weight excluding hydrogens is 250 g/mol. The summed E-state index contributed by atoms with van der Waals surface area (Å²) in [7, 11) is 0. The van der Waals surface area contributed by atoms with Crippen LogP contribution >= 0.6 is 0 Å². The van der Waals surface area contributed by atoms with Gasteiger partial charge in [-0.25, -0.2) is 0 Å². The summed E-state index contributed by atoms with van der Waals surface area (Å²) in [6.07, 6.45) is 1.74. The zero-order valence-corrected chi connectivity index (χ0v) is 12.3. The van der Waals surface area contributed by atoms with Crippen molar-refractivity contribution in [2.45, 2.75) is 40.2 Å². The molecule has 0 aliphatic rings. The van der Waals surface area contributed by atoms with Crippen LogP contribution in [-0.4, -0.2) is 10.2 Å². The second kappa shape index (κ2) is 6.48. The first-order valence-corrected chi connectivity index (χ1v) is 7.01. The lowest BCUT2D eigenvalue weighted by molar-refractivity contribution is 0.445. The van der Waals surface area contributed by atoms with E-state index in [0.717, 1.165) is 41.0 Å². The Hall–Kier alpha value is -1.94. The summed E-state index contributed by atoms with van der Waals surface area (Å²) in [5.74, 6) is 1.28. The highest BCUT2D eigenvalue weighted by molar-refractivity contribution is 5.40. The number of rotatable bonds is 5. The van der Waals surface area contributed by atoms with Crippen LogP contribution in [0.3, 0.4) is 0 Å². The molecule has 0 fully saturated rings. The van der Waals surface area contributed by atoms with E-state index in [1.807, 2.05) is 31.2 Å². The van der Waals surface area contributed by atoms with Crippen molar-refractivity contribution < 1.29 is 4.74 Å². The maximum Gasteiger partial charge on any atom is 0.243 e. The van der Waals surface area contributed by atoms with Crippen molar-refractivity contribution in [3.8, 4) is 11.6 Å². The van der Waals surface area contributed by atoms with Crippen molar-refractivity contribution in [1.29, 1.82) is 0 Å². The van der Waals surface area contributed by atoms with Gasteiger partial charge >= 0.3 is 0 Å². The van der Waals surface area contributed by atoms with Crippen LogP contribution in [0.4, 0.5) is 0 Å². The fraction of sp³-hybridized carbons (Fsp3) is 0.375. The van der Waals surface area contributed by atoms with Crippen LogP contribution in [0.5, 0.6) is 11.6 Å². The third-order valence-electron chi connectivity index (χ3n) is 3.33. The van der Waals surface area contributed by atoms with Gasteiger partial charge < -0.3 is 10.5 Å². The fourth-order valence-corrected chi connectivity index (χ4v) is 2.31. The highest BCUT2D eigenvalue weighted by Crippen LogP contribution is 2.27. The summed E-state index contributed by atoms with van der Waals surface area (Å²) in [5.41, 5.74) is 10.2. The first kappa shape index (κ1) is 14.5. The molecule has 0 atom stereocenters. The first-order chi connectivity index (χ1) is 9.69. The molecule has 0 radical (unpaired) electrons. The van der Waals surface area contributed by atoms with Crippen LogP contribution in [0.2, 0.25) is 0 Å². The van der Waals surface area contributed by atoms with E-state index in [0.29, 0.717) is 12.4 Å². The molecule has 4 nitrogen and oxygen atoms in total. The molecule has 20 heavy (non-hydrogen) atoms. The Morgan fingerprint density at radius 3 is 2.50 bits per heavy atom. The average Bonchev–Trinajstić information content (AvgIpc) is 2.46. The highest BCUT2D eigenvalue weighted by atomic mass is 16.5. The van der Waals surface area contributed by atoms with E-state index in [4.69, 9.17) is 10.5 Å². The SMILES string of the molecule is CCc1nnc(Oc2cccc(C)c2)c(CN)c1CC. The van der Waals surface area contributed by atoms with Gasteiger partial charge in [-0.2, -0.15) is 5.10 Å². The smallest absolute Gasteiger partial charge is 0.243 e. The minimum Gasteiger partial charge on any atom is -0.437 e. The van der Waals surface area contributed by atoms with Gasteiger partial charge in [-0.1, -0.05) is 26.0 Å². The van der Waals surface area contributed by atoms with E-state index in [9.17, 15) is 0 Å². The maximum atomic E-state index is 5.89. The van der Waals surface area contributed by atoms with E-state index in [1.165, 1.54) is 0 Å². The van der Waals surface area contributed by atoms with Crippen molar-refractivity contribution in [1.82, 2.24) is 10.2 Å². The molecule has 4 heteroatoms. The number of hydrogen-bond acceptors (Lipinski definition) is 4. The van der Waals surface area contributed by atoms with Crippen LogP contribution in [0.1, 0.15) is 36.2 Å². The molecule has 0 amide bonds. The van der Waals surface area contributed by atoms with Crippen LogP contribution < -0.4 is 10.5 Å². The minimum absolute atomic E-state index is 0.410. The molecule has 0 spiro atoms. The summed E-state index contributed by atoms with van der Waals surface area (Å²) in [6.45, 7) is 6.61. The Bertz CT molecular complexity index is 596. The second-order valence-electron chi connectivity index (χ2n) is 4.74. The Morgan fingerprint density at radius 1 is 1.10 bits per heavy atom. The van der Waals surface area contributed by atoms with E-state index >= 15 is 0 Å². The number of ether oxygens (including phenoxy) is 1. The van der Waals surface area contributed by atoms with Gasteiger partial charge in [-0.15, -0.1) is 5.10 Å². The number of hydrogen-bond donors (Lipinski definition) is 1. The molecule has 106 valence electrons. The second-order valence-corrected chi connectivity index (χ2v) is 4.74. The van der Waals surface area contributed by atoms with Gasteiger partial charge in [-0.3, -0.25) is 0 Å². The topological polar surface area (TPSA) is 61.0 Å².